The summed E-state index contributed by atoms with van der Waals surface area (Å²) in [5, 5.41) is 12.8. The largest absolute Gasteiger partial charge is 0.619 e. The van der Waals surface area contributed by atoms with Gasteiger partial charge in [-0.15, -0.1) is 0 Å². The fourth-order valence-corrected chi connectivity index (χ4v) is 6.48. The fourth-order valence-electron chi connectivity index (χ4n) is 4.61. The predicted molar refractivity (Wildman–Crippen MR) is 138 cm³/mol. The van der Waals surface area contributed by atoms with Crippen LogP contribution in [0.1, 0.15) is 17.3 Å². The molecule has 0 radical (unpaired) electrons. The Morgan fingerprint density at radius 2 is 1.58 bits per heavy atom. The molecule has 8 nitrogen and oxygen atoms in total. The van der Waals surface area contributed by atoms with Gasteiger partial charge in [0.05, 0.1) is 0 Å². The maximum atomic E-state index is 13.5. The minimum atomic E-state index is -3.74. The highest BCUT2D eigenvalue weighted by molar-refractivity contribution is 7.89. The van der Waals surface area contributed by atoms with Crippen molar-refractivity contribution in [2.24, 2.45) is 0 Å². The summed E-state index contributed by atoms with van der Waals surface area (Å²) < 4.78 is 31.0. The molecule has 36 heavy (non-hydrogen) atoms. The summed E-state index contributed by atoms with van der Waals surface area (Å²) in [6.07, 6.45) is 2.86. The van der Waals surface area contributed by atoms with E-state index < -0.39 is 10.0 Å². The Bertz CT molecular complexity index is 1520. The number of nitrogens with zero attached hydrogens (tertiary/aromatic N) is 4. The maximum Gasteiger partial charge on any atom is 0.258 e. The Morgan fingerprint density at radius 1 is 0.944 bits per heavy atom. The van der Waals surface area contributed by atoms with Gasteiger partial charge in [-0.3, -0.25) is 4.79 Å². The normalized spacial score (nSPS) is 14.9. The van der Waals surface area contributed by atoms with E-state index in [9.17, 15) is 18.4 Å². The number of sulfonamides is 1. The van der Waals surface area contributed by atoms with Gasteiger partial charge in [0.15, 0.2) is 17.4 Å². The van der Waals surface area contributed by atoms with Gasteiger partial charge in [0.2, 0.25) is 0 Å². The fraction of sp³-hybridized carbons (Fsp3) is 0.231. The zero-order valence-electron chi connectivity index (χ0n) is 19.7. The van der Waals surface area contributed by atoms with Crippen LogP contribution in [0, 0.1) is 5.21 Å². The number of halogens is 1. The Kier molecular flexibility index (Phi) is 6.46. The lowest BCUT2D eigenvalue weighted by atomic mass is 10.0. The highest BCUT2D eigenvalue weighted by Crippen LogP contribution is 2.29. The number of hydrogen-bond donors (Lipinski definition) is 0. The molecule has 0 atom stereocenters. The first kappa shape index (κ1) is 24.3. The molecule has 5 rings (SSSR count). The van der Waals surface area contributed by atoms with Crippen molar-refractivity contribution in [1.29, 1.82) is 0 Å². The van der Waals surface area contributed by atoms with Crippen molar-refractivity contribution in [1.82, 2.24) is 13.8 Å². The highest BCUT2D eigenvalue weighted by Gasteiger charge is 2.33. The van der Waals surface area contributed by atoms with Gasteiger partial charge < -0.3 is 14.7 Å². The van der Waals surface area contributed by atoms with E-state index in [4.69, 9.17) is 11.6 Å². The zero-order valence-corrected chi connectivity index (χ0v) is 21.2. The summed E-state index contributed by atoms with van der Waals surface area (Å²) >= 11 is 6.11. The predicted octanol–water partition coefficient (Wildman–Crippen LogP) is 3.76. The van der Waals surface area contributed by atoms with Crippen LogP contribution >= 0.6 is 11.6 Å². The third-order valence-corrected chi connectivity index (χ3v) is 8.69. The lowest BCUT2D eigenvalue weighted by Gasteiger charge is -2.34. The van der Waals surface area contributed by atoms with Crippen molar-refractivity contribution < 1.29 is 17.9 Å². The monoisotopic (exact) mass is 524 g/mol. The second-order valence-electron chi connectivity index (χ2n) is 8.65. The highest BCUT2D eigenvalue weighted by atomic mass is 35.5. The lowest BCUT2D eigenvalue weighted by Crippen LogP contribution is -2.50. The van der Waals surface area contributed by atoms with Crippen molar-refractivity contribution in [3.8, 4) is 11.1 Å². The molecule has 0 N–H and O–H groups in total. The summed E-state index contributed by atoms with van der Waals surface area (Å²) in [5.41, 5.74) is 3.13. The van der Waals surface area contributed by atoms with Gasteiger partial charge in [-0.05, 0) is 54.4 Å². The molecule has 2 aromatic heterocycles. The summed E-state index contributed by atoms with van der Waals surface area (Å²) in [4.78, 5) is 14.7. The van der Waals surface area contributed by atoms with E-state index in [-0.39, 0.29) is 24.0 Å². The van der Waals surface area contributed by atoms with Crippen LogP contribution in [0.3, 0.4) is 0 Å². The molecule has 0 bridgehead atoms. The standard InChI is InChI=1S/C26H25ClN4O4S/c1-2-31-24-8-7-23(27)17-22(24)18-25(31)36(34,35)30-15-13-28(14-16-30)26(32)21-5-3-19(4-6-21)20-9-11-29(33)12-10-20/h3-12,17-18H,2,13-16H2,1H3. The Balaban J connectivity index is 1.29. The van der Waals surface area contributed by atoms with Crippen LogP contribution in [-0.2, 0) is 16.6 Å². The van der Waals surface area contributed by atoms with Gasteiger partial charge in [0.25, 0.3) is 15.9 Å². The summed E-state index contributed by atoms with van der Waals surface area (Å²) in [5.74, 6) is -0.138. The van der Waals surface area contributed by atoms with Crippen LogP contribution in [0.4, 0.5) is 0 Å². The van der Waals surface area contributed by atoms with Crippen LogP contribution < -0.4 is 4.73 Å². The molecule has 1 aliphatic rings. The van der Waals surface area contributed by atoms with E-state index in [0.29, 0.717) is 30.2 Å². The second-order valence-corrected chi connectivity index (χ2v) is 11.0. The molecule has 2 aromatic carbocycles. The van der Waals surface area contributed by atoms with Crippen molar-refractivity contribution >= 4 is 38.4 Å². The lowest BCUT2D eigenvalue weighted by molar-refractivity contribution is -0.605. The topological polar surface area (TPSA) is 89.6 Å². The number of aryl methyl sites for hydroxylation is 1. The van der Waals surface area contributed by atoms with Gasteiger partial charge in [-0.25, -0.2) is 8.42 Å². The number of hydrogen-bond acceptors (Lipinski definition) is 4. The maximum absolute atomic E-state index is 13.5. The molecule has 0 unspecified atom stereocenters. The number of aromatic nitrogens is 2. The third kappa shape index (κ3) is 4.45. The molecule has 0 aliphatic carbocycles. The van der Waals surface area contributed by atoms with E-state index >= 15 is 0 Å². The molecule has 4 aromatic rings. The summed E-state index contributed by atoms with van der Waals surface area (Å²) in [6.45, 7) is 3.47. The Labute approximate surface area is 214 Å². The zero-order chi connectivity index (χ0) is 25.4. The molecule has 0 saturated carbocycles. The SMILES string of the molecule is CCn1c(S(=O)(=O)N2CCN(C(=O)c3ccc(-c4cc[n+]([O-])cc4)cc3)CC2)cc2cc(Cl)ccc21. The van der Waals surface area contributed by atoms with Gasteiger partial charge in [-0.2, -0.15) is 9.04 Å². The molecule has 1 amide bonds. The van der Waals surface area contributed by atoms with Crippen LogP contribution in [0.2, 0.25) is 5.02 Å². The van der Waals surface area contributed by atoms with Gasteiger partial charge >= 0.3 is 0 Å². The molecular formula is C26H25ClN4O4S. The Morgan fingerprint density at radius 3 is 2.22 bits per heavy atom. The molecule has 1 fully saturated rings. The van der Waals surface area contributed by atoms with Crippen molar-refractivity contribution in [2.45, 2.75) is 18.5 Å². The molecule has 10 heteroatoms. The minimum Gasteiger partial charge on any atom is -0.619 e. The first-order valence-electron chi connectivity index (χ1n) is 11.7. The van der Waals surface area contributed by atoms with Gasteiger partial charge in [0.1, 0.15) is 0 Å². The van der Waals surface area contributed by atoms with Crippen LogP contribution in [0.15, 0.2) is 78.1 Å². The van der Waals surface area contributed by atoms with E-state index in [1.807, 2.05) is 25.1 Å². The van der Waals surface area contributed by atoms with E-state index in [1.165, 1.54) is 16.7 Å². The minimum absolute atomic E-state index is 0.138. The first-order valence-corrected chi connectivity index (χ1v) is 13.5. The molecule has 1 aliphatic heterocycles. The third-order valence-electron chi connectivity index (χ3n) is 6.54. The van der Waals surface area contributed by atoms with Gasteiger partial charge in [-0.1, -0.05) is 23.7 Å². The number of rotatable bonds is 5. The number of piperazine rings is 1. The second kappa shape index (κ2) is 9.57. The van der Waals surface area contributed by atoms with Crippen LogP contribution in [-0.4, -0.2) is 54.3 Å². The van der Waals surface area contributed by atoms with Crippen LogP contribution in [0.5, 0.6) is 0 Å². The number of carbonyl (C=O) groups is 1. The molecule has 3 heterocycles. The van der Waals surface area contributed by atoms with Crippen molar-refractivity contribution in [3.05, 3.63) is 88.9 Å². The number of amides is 1. The van der Waals surface area contributed by atoms with E-state index in [2.05, 4.69) is 0 Å². The number of carbonyl (C=O) groups excluding carboxylic acids is 1. The number of fused-ring (bicyclic) bond motifs is 1. The molecule has 186 valence electrons. The van der Waals surface area contributed by atoms with Gasteiger partial charge in [0, 0.05) is 66.3 Å². The number of pyridine rings is 1. The number of benzene rings is 2. The summed E-state index contributed by atoms with van der Waals surface area (Å²) in [7, 11) is -3.74. The average Bonchev–Trinajstić information content (AvgIpc) is 3.27. The van der Waals surface area contributed by atoms with E-state index in [1.54, 1.807) is 51.9 Å². The summed E-state index contributed by atoms with van der Waals surface area (Å²) in [6, 6.07) is 17.6. The smallest absolute Gasteiger partial charge is 0.258 e. The van der Waals surface area contributed by atoms with E-state index in [0.717, 1.165) is 26.8 Å². The van der Waals surface area contributed by atoms with Crippen molar-refractivity contribution in [2.75, 3.05) is 26.2 Å². The quantitative estimate of drug-likeness (QED) is 0.294. The molecule has 0 spiro atoms. The molecular weight excluding hydrogens is 500 g/mol. The van der Waals surface area contributed by atoms with Crippen molar-refractivity contribution in [3.63, 3.8) is 0 Å². The average molecular weight is 525 g/mol. The van der Waals surface area contributed by atoms with Crippen LogP contribution in [0.25, 0.3) is 22.0 Å². The first-order chi connectivity index (χ1) is 17.3. The Hall–Kier alpha value is -3.40. The molecule has 1 saturated heterocycles.